The summed E-state index contributed by atoms with van der Waals surface area (Å²) in [7, 11) is -3.33. The van der Waals surface area contributed by atoms with Crippen molar-refractivity contribution in [2.45, 2.75) is 11.8 Å². The molecule has 0 fully saturated rings. The Balaban J connectivity index is 2.67. The van der Waals surface area contributed by atoms with Gasteiger partial charge in [0.2, 0.25) is 0 Å². The van der Waals surface area contributed by atoms with Gasteiger partial charge in [-0.2, -0.15) is 0 Å². The first-order chi connectivity index (χ1) is 9.99. The Kier molecular flexibility index (Phi) is 7.26. The molecule has 1 aromatic carbocycles. The third-order valence-electron chi connectivity index (χ3n) is 2.50. The Morgan fingerprint density at radius 3 is 2.57 bits per heavy atom. The highest BCUT2D eigenvalue weighted by molar-refractivity contribution is 9.10. The second-order valence-corrected chi connectivity index (χ2v) is 7.12. The summed E-state index contributed by atoms with van der Waals surface area (Å²) >= 11 is 3.28. The van der Waals surface area contributed by atoms with Crippen molar-refractivity contribution in [3.05, 3.63) is 28.7 Å². The predicted octanol–water partition coefficient (Wildman–Crippen LogP) is 1.41. The molecule has 114 valence electrons. The maximum absolute atomic E-state index is 12.1. The lowest BCUT2D eigenvalue weighted by molar-refractivity contribution is 0.596. The molecule has 1 aromatic rings. The Labute approximate surface area is 134 Å². The lowest BCUT2D eigenvalue weighted by atomic mass is 10.4. The molecular formula is C14H18BrN3O2S. The molecule has 0 saturated heterocycles. The van der Waals surface area contributed by atoms with E-state index in [2.05, 4.69) is 37.5 Å². The lowest BCUT2D eigenvalue weighted by Crippen LogP contribution is -2.37. The molecule has 7 heteroatoms. The first-order valence-electron chi connectivity index (χ1n) is 6.43. The molecule has 0 saturated carbocycles. The van der Waals surface area contributed by atoms with Crippen LogP contribution in [0.5, 0.6) is 0 Å². The maximum atomic E-state index is 12.1. The van der Waals surface area contributed by atoms with Gasteiger partial charge in [0.15, 0.2) is 15.8 Å². The van der Waals surface area contributed by atoms with Gasteiger partial charge in [-0.05, 0) is 31.2 Å². The Bertz CT molecular complexity index is 619. The Morgan fingerprint density at radius 2 is 2.00 bits per heavy atom. The van der Waals surface area contributed by atoms with Crippen LogP contribution in [0.2, 0.25) is 0 Å². The second-order valence-electron chi connectivity index (χ2n) is 4.09. The van der Waals surface area contributed by atoms with E-state index in [0.717, 1.165) is 4.47 Å². The SMILES string of the molecule is C#CCNC(=NCCS(=O)(=O)c1ccc(Br)cc1)NCC. The summed E-state index contributed by atoms with van der Waals surface area (Å²) in [6, 6.07) is 6.55. The van der Waals surface area contributed by atoms with Crippen molar-refractivity contribution in [1.82, 2.24) is 10.6 Å². The smallest absolute Gasteiger partial charge is 0.192 e. The normalized spacial score (nSPS) is 11.8. The van der Waals surface area contributed by atoms with Crippen LogP contribution in [0.25, 0.3) is 0 Å². The number of rotatable bonds is 6. The molecule has 0 aliphatic carbocycles. The zero-order valence-corrected chi connectivity index (χ0v) is 14.2. The number of aliphatic imine (C=N–C) groups is 1. The summed E-state index contributed by atoms with van der Waals surface area (Å²) in [5.74, 6) is 2.90. The monoisotopic (exact) mass is 371 g/mol. The quantitative estimate of drug-likeness (QED) is 0.450. The fourth-order valence-corrected chi connectivity index (χ4v) is 2.90. The van der Waals surface area contributed by atoms with Gasteiger partial charge in [0, 0.05) is 11.0 Å². The molecule has 0 aliphatic rings. The van der Waals surface area contributed by atoms with Crippen molar-refractivity contribution in [3.63, 3.8) is 0 Å². The average molecular weight is 372 g/mol. The summed E-state index contributed by atoms with van der Waals surface area (Å²) in [6.07, 6.45) is 5.16. The number of benzene rings is 1. The number of nitrogens with zero attached hydrogens (tertiary/aromatic N) is 1. The number of halogens is 1. The number of guanidine groups is 1. The van der Waals surface area contributed by atoms with Crippen LogP contribution in [0.1, 0.15) is 6.92 Å². The zero-order chi connectivity index (χ0) is 15.7. The molecule has 0 aliphatic heterocycles. The van der Waals surface area contributed by atoms with Crippen LogP contribution < -0.4 is 10.6 Å². The highest BCUT2D eigenvalue weighted by Crippen LogP contribution is 2.15. The highest BCUT2D eigenvalue weighted by Gasteiger charge is 2.13. The van der Waals surface area contributed by atoms with Crippen LogP contribution in [0.15, 0.2) is 38.6 Å². The van der Waals surface area contributed by atoms with E-state index in [0.29, 0.717) is 23.9 Å². The van der Waals surface area contributed by atoms with Crippen molar-refractivity contribution in [3.8, 4) is 12.3 Å². The van der Waals surface area contributed by atoms with E-state index < -0.39 is 9.84 Å². The second kappa shape index (κ2) is 8.70. The first kappa shape index (κ1) is 17.5. The summed E-state index contributed by atoms with van der Waals surface area (Å²) in [5.41, 5.74) is 0. The number of hydrogen-bond acceptors (Lipinski definition) is 3. The minimum atomic E-state index is -3.33. The van der Waals surface area contributed by atoms with Crippen molar-refractivity contribution < 1.29 is 8.42 Å². The van der Waals surface area contributed by atoms with Gasteiger partial charge in [0.1, 0.15) is 0 Å². The Morgan fingerprint density at radius 1 is 1.33 bits per heavy atom. The van der Waals surface area contributed by atoms with Gasteiger partial charge < -0.3 is 10.6 Å². The maximum Gasteiger partial charge on any atom is 0.192 e. The number of hydrogen-bond donors (Lipinski definition) is 2. The van der Waals surface area contributed by atoms with E-state index in [1.807, 2.05) is 6.92 Å². The van der Waals surface area contributed by atoms with E-state index >= 15 is 0 Å². The fraction of sp³-hybridized carbons (Fsp3) is 0.357. The minimum absolute atomic E-state index is 0.0543. The molecule has 2 N–H and O–H groups in total. The van der Waals surface area contributed by atoms with Crippen molar-refractivity contribution in [2.75, 3.05) is 25.4 Å². The molecule has 0 aromatic heterocycles. The van der Waals surface area contributed by atoms with Gasteiger partial charge in [-0.1, -0.05) is 21.9 Å². The van der Waals surface area contributed by atoms with Gasteiger partial charge in [0.25, 0.3) is 0 Å². The molecule has 5 nitrogen and oxygen atoms in total. The average Bonchev–Trinajstić information content (AvgIpc) is 2.45. The molecule has 0 radical (unpaired) electrons. The van der Waals surface area contributed by atoms with Crippen molar-refractivity contribution >= 4 is 31.7 Å². The van der Waals surface area contributed by atoms with E-state index in [9.17, 15) is 8.42 Å². The molecule has 0 heterocycles. The van der Waals surface area contributed by atoms with Crippen LogP contribution in [-0.4, -0.2) is 39.8 Å². The summed E-state index contributed by atoms with van der Waals surface area (Å²) in [6.45, 7) is 3.10. The van der Waals surface area contributed by atoms with Crippen LogP contribution in [0.3, 0.4) is 0 Å². The molecule has 21 heavy (non-hydrogen) atoms. The molecule has 0 atom stereocenters. The van der Waals surface area contributed by atoms with Crippen LogP contribution in [0.4, 0.5) is 0 Å². The Hall–Kier alpha value is -1.52. The van der Waals surface area contributed by atoms with Gasteiger partial charge in [-0.15, -0.1) is 6.42 Å². The molecule has 0 bridgehead atoms. The molecule has 0 amide bonds. The van der Waals surface area contributed by atoms with Gasteiger partial charge in [-0.3, -0.25) is 4.99 Å². The van der Waals surface area contributed by atoms with E-state index in [4.69, 9.17) is 6.42 Å². The predicted molar refractivity (Wildman–Crippen MR) is 89.0 cm³/mol. The standard InChI is InChI=1S/C14H18BrN3O2S/c1-3-9-17-14(16-4-2)18-10-11-21(19,20)13-7-5-12(15)6-8-13/h1,5-8H,4,9-11H2,2H3,(H2,16,17,18). The third kappa shape index (κ3) is 6.19. The molecule has 0 spiro atoms. The highest BCUT2D eigenvalue weighted by atomic mass is 79.9. The number of sulfone groups is 1. The summed E-state index contributed by atoms with van der Waals surface area (Å²) in [5, 5.41) is 5.90. The molecule has 0 unspecified atom stereocenters. The van der Waals surface area contributed by atoms with Gasteiger partial charge in [-0.25, -0.2) is 8.42 Å². The van der Waals surface area contributed by atoms with Crippen molar-refractivity contribution in [2.24, 2.45) is 4.99 Å². The van der Waals surface area contributed by atoms with Gasteiger partial charge >= 0.3 is 0 Å². The van der Waals surface area contributed by atoms with Gasteiger partial charge in [0.05, 0.1) is 23.7 Å². The number of nitrogens with one attached hydrogen (secondary N) is 2. The van der Waals surface area contributed by atoms with E-state index in [1.54, 1.807) is 24.3 Å². The summed E-state index contributed by atoms with van der Waals surface area (Å²) in [4.78, 5) is 4.48. The summed E-state index contributed by atoms with van der Waals surface area (Å²) < 4.78 is 25.1. The van der Waals surface area contributed by atoms with Crippen molar-refractivity contribution in [1.29, 1.82) is 0 Å². The third-order valence-corrected chi connectivity index (χ3v) is 4.74. The lowest BCUT2D eigenvalue weighted by Gasteiger charge is -2.09. The van der Waals surface area contributed by atoms with Crippen LogP contribution >= 0.6 is 15.9 Å². The minimum Gasteiger partial charge on any atom is -0.357 e. The van der Waals surface area contributed by atoms with Crippen LogP contribution in [0, 0.1) is 12.3 Å². The zero-order valence-electron chi connectivity index (χ0n) is 11.8. The fourth-order valence-electron chi connectivity index (χ4n) is 1.51. The topological polar surface area (TPSA) is 70.6 Å². The molecule has 1 rings (SSSR count). The first-order valence-corrected chi connectivity index (χ1v) is 8.88. The number of terminal acetylenes is 1. The largest absolute Gasteiger partial charge is 0.357 e. The van der Waals surface area contributed by atoms with Crippen LogP contribution in [-0.2, 0) is 9.84 Å². The molecular weight excluding hydrogens is 354 g/mol. The van der Waals surface area contributed by atoms with E-state index in [-0.39, 0.29) is 12.3 Å². The van der Waals surface area contributed by atoms with E-state index in [1.165, 1.54) is 0 Å².